The summed E-state index contributed by atoms with van der Waals surface area (Å²) in [6, 6.07) is 30.5. The van der Waals surface area contributed by atoms with E-state index in [-0.39, 0.29) is 5.91 Å². The summed E-state index contributed by atoms with van der Waals surface area (Å²) in [5.74, 6) is 0.830. The van der Waals surface area contributed by atoms with E-state index in [0.29, 0.717) is 39.2 Å². The number of nitrogens with zero attached hydrogens (tertiary/aromatic N) is 5. The van der Waals surface area contributed by atoms with Gasteiger partial charge >= 0.3 is 0 Å². The second-order valence-electron chi connectivity index (χ2n) is 9.08. The number of methoxy groups -OCH3 is 1. The van der Waals surface area contributed by atoms with Crippen molar-refractivity contribution in [1.82, 2.24) is 14.8 Å². The molecular weight excluding hydrogens is 554 g/mol. The van der Waals surface area contributed by atoms with Crippen molar-refractivity contribution in [2.45, 2.75) is 5.03 Å². The van der Waals surface area contributed by atoms with E-state index in [4.69, 9.17) is 26.5 Å². The Balaban J connectivity index is 1.45. The van der Waals surface area contributed by atoms with Gasteiger partial charge in [0.25, 0.3) is 5.91 Å². The van der Waals surface area contributed by atoms with E-state index >= 15 is 0 Å². The fraction of sp³-hybridized carbons (Fsp3) is 0.0625. The number of pyridine rings is 1. The van der Waals surface area contributed by atoms with E-state index in [1.165, 1.54) is 16.8 Å². The molecule has 5 aromatic rings. The Morgan fingerprint density at radius 2 is 1.66 bits per heavy atom. The summed E-state index contributed by atoms with van der Waals surface area (Å²) in [6.45, 7) is 0. The normalized spacial score (nSPS) is 14.0. The van der Waals surface area contributed by atoms with Gasteiger partial charge in [-0.3, -0.25) is 4.79 Å². The number of para-hydroxylation sites is 2. The molecule has 6 rings (SSSR count). The number of benzene rings is 3. The third-order valence-corrected chi connectivity index (χ3v) is 7.69. The molecule has 202 valence electrons. The first-order chi connectivity index (χ1) is 20.1. The average Bonchev–Trinajstić information content (AvgIpc) is 3.58. The predicted molar refractivity (Wildman–Crippen MR) is 165 cm³/mol. The largest absolute Gasteiger partial charge is 0.495 e. The fourth-order valence-electron chi connectivity index (χ4n) is 4.43. The Kier molecular flexibility index (Phi) is 7.67. The highest BCUT2D eigenvalue weighted by molar-refractivity contribution is 8.00. The molecule has 7 nitrogen and oxygen atoms in total. The molecule has 0 bridgehead atoms. The number of amides is 1. The van der Waals surface area contributed by atoms with Crippen LogP contribution in [0.25, 0.3) is 23.0 Å². The third kappa shape index (κ3) is 5.66. The second-order valence-corrected chi connectivity index (χ2v) is 10.5. The van der Waals surface area contributed by atoms with Gasteiger partial charge in [-0.25, -0.2) is 9.67 Å². The van der Waals surface area contributed by atoms with Crippen LogP contribution in [0.5, 0.6) is 5.75 Å². The van der Waals surface area contributed by atoms with E-state index in [9.17, 15) is 4.79 Å². The number of halogens is 1. The number of anilines is 1. The number of carbonyl (C=O) groups excluding carboxylic acids is 1. The molecule has 1 aliphatic rings. The summed E-state index contributed by atoms with van der Waals surface area (Å²) in [6.07, 6.45) is 5.53. The van der Waals surface area contributed by atoms with Crippen LogP contribution in [0.2, 0.25) is 5.02 Å². The Hall–Kier alpha value is -4.66. The van der Waals surface area contributed by atoms with Gasteiger partial charge in [-0.05, 0) is 60.7 Å². The van der Waals surface area contributed by atoms with Crippen molar-refractivity contribution in [2.24, 2.45) is 5.10 Å². The van der Waals surface area contributed by atoms with Crippen LogP contribution in [0.1, 0.15) is 5.56 Å². The molecule has 0 aliphatic carbocycles. The quantitative estimate of drug-likeness (QED) is 0.144. The number of ether oxygens (including phenoxy) is 1. The molecule has 0 N–H and O–H groups in total. The van der Waals surface area contributed by atoms with Crippen molar-refractivity contribution in [3.8, 4) is 22.7 Å². The Morgan fingerprint density at radius 1 is 0.927 bits per heavy atom. The van der Waals surface area contributed by atoms with Gasteiger partial charge in [0, 0.05) is 29.3 Å². The smallest absolute Gasteiger partial charge is 0.280 e. The lowest BCUT2D eigenvalue weighted by atomic mass is 10.0. The molecule has 0 radical (unpaired) electrons. The lowest BCUT2D eigenvalue weighted by molar-refractivity contribution is -0.114. The molecule has 0 saturated heterocycles. The first-order valence-electron chi connectivity index (χ1n) is 12.8. The summed E-state index contributed by atoms with van der Waals surface area (Å²) in [5, 5.41) is 12.4. The van der Waals surface area contributed by atoms with Gasteiger partial charge < -0.3 is 4.74 Å². The van der Waals surface area contributed by atoms with Crippen molar-refractivity contribution >= 4 is 46.7 Å². The fourth-order valence-corrected chi connectivity index (χ4v) is 5.49. The lowest BCUT2D eigenvalue weighted by Gasteiger charge is -2.11. The molecule has 41 heavy (non-hydrogen) atoms. The van der Waals surface area contributed by atoms with Gasteiger partial charge in [0.1, 0.15) is 11.4 Å². The number of hydrogen-bond donors (Lipinski definition) is 0. The Morgan fingerprint density at radius 3 is 2.34 bits per heavy atom. The highest BCUT2D eigenvalue weighted by Gasteiger charge is 2.32. The van der Waals surface area contributed by atoms with Crippen molar-refractivity contribution < 1.29 is 9.53 Å². The minimum absolute atomic E-state index is 0.209. The molecule has 3 aromatic carbocycles. The van der Waals surface area contributed by atoms with Crippen LogP contribution in [0, 0.1) is 0 Å². The molecule has 0 atom stereocenters. The highest BCUT2D eigenvalue weighted by Crippen LogP contribution is 2.34. The van der Waals surface area contributed by atoms with E-state index in [0.717, 1.165) is 21.8 Å². The monoisotopic (exact) mass is 577 g/mol. The number of thioether (sulfide) groups is 1. The Labute approximate surface area is 246 Å². The van der Waals surface area contributed by atoms with Crippen molar-refractivity contribution in [3.63, 3.8) is 0 Å². The van der Waals surface area contributed by atoms with Crippen LogP contribution in [-0.4, -0.2) is 39.2 Å². The number of carbonyl (C=O) groups is 1. The third-order valence-electron chi connectivity index (χ3n) is 6.44. The van der Waals surface area contributed by atoms with Gasteiger partial charge in [0.2, 0.25) is 0 Å². The van der Waals surface area contributed by atoms with Crippen molar-refractivity contribution in [2.75, 3.05) is 17.9 Å². The summed E-state index contributed by atoms with van der Waals surface area (Å²) >= 11 is 8.02. The number of rotatable bonds is 8. The first kappa shape index (κ1) is 26.6. The Bertz CT molecular complexity index is 1760. The highest BCUT2D eigenvalue weighted by atomic mass is 35.5. The lowest BCUT2D eigenvalue weighted by Crippen LogP contribution is -2.21. The summed E-state index contributed by atoms with van der Waals surface area (Å²) < 4.78 is 7.15. The number of hydrazone groups is 1. The maximum Gasteiger partial charge on any atom is 0.280 e. The van der Waals surface area contributed by atoms with Crippen LogP contribution in [0.4, 0.5) is 5.69 Å². The maximum atomic E-state index is 13.8. The van der Waals surface area contributed by atoms with Gasteiger partial charge in [-0.1, -0.05) is 65.8 Å². The first-order valence-corrected chi connectivity index (χ1v) is 14.2. The SMILES string of the molecule is COc1ccc(-c2nn(-c3ccccc3)cc2C=C2C(=O)N(c3ccccc3)N=C2CSc2ccccn2)cc1Cl. The average molecular weight is 578 g/mol. The number of aromatic nitrogens is 3. The summed E-state index contributed by atoms with van der Waals surface area (Å²) in [7, 11) is 1.58. The molecule has 0 unspecified atom stereocenters. The predicted octanol–water partition coefficient (Wildman–Crippen LogP) is 7.17. The van der Waals surface area contributed by atoms with Crippen molar-refractivity contribution in [1.29, 1.82) is 0 Å². The molecule has 1 amide bonds. The second kappa shape index (κ2) is 11.8. The number of hydrogen-bond acceptors (Lipinski definition) is 6. The minimum atomic E-state index is -0.209. The molecule has 2 aromatic heterocycles. The van der Waals surface area contributed by atoms with Crippen LogP contribution < -0.4 is 9.75 Å². The molecular formula is C32H24ClN5O2S. The van der Waals surface area contributed by atoms with E-state index in [1.54, 1.807) is 18.0 Å². The molecule has 0 saturated carbocycles. The summed E-state index contributed by atoms with van der Waals surface area (Å²) in [5.41, 5.74) is 4.96. The molecule has 3 heterocycles. The van der Waals surface area contributed by atoms with Crippen molar-refractivity contribution in [3.05, 3.63) is 126 Å². The van der Waals surface area contributed by atoms with Gasteiger partial charge in [0.05, 0.1) is 39.8 Å². The van der Waals surface area contributed by atoms with E-state index in [2.05, 4.69) is 4.98 Å². The van der Waals surface area contributed by atoms with E-state index < -0.39 is 0 Å². The van der Waals surface area contributed by atoms with Gasteiger partial charge in [-0.15, -0.1) is 0 Å². The molecule has 0 fully saturated rings. The zero-order valence-corrected chi connectivity index (χ0v) is 23.6. The van der Waals surface area contributed by atoms with Crippen LogP contribution in [-0.2, 0) is 4.79 Å². The maximum absolute atomic E-state index is 13.8. The van der Waals surface area contributed by atoms with E-state index in [1.807, 2.05) is 109 Å². The standard InChI is InChI=1S/C32H24ClN5O2S/c1-40-29-16-15-22(19-27(29)33)31-23(20-37(36-31)24-10-4-2-5-11-24)18-26-28(21-41-30-14-8-9-17-34-30)35-38(32(26)39)25-12-6-3-7-13-25/h2-20H,21H2,1H3. The molecule has 0 spiro atoms. The topological polar surface area (TPSA) is 72.6 Å². The zero-order valence-electron chi connectivity index (χ0n) is 22.0. The summed E-state index contributed by atoms with van der Waals surface area (Å²) in [4.78, 5) is 18.3. The van der Waals surface area contributed by atoms with Crippen LogP contribution in [0.3, 0.4) is 0 Å². The van der Waals surface area contributed by atoms with Crippen LogP contribution >= 0.6 is 23.4 Å². The zero-order chi connectivity index (χ0) is 28.2. The minimum Gasteiger partial charge on any atom is -0.495 e. The van der Waals surface area contributed by atoms with Gasteiger partial charge in [0.15, 0.2) is 0 Å². The van der Waals surface area contributed by atoms with Crippen LogP contribution in [0.15, 0.2) is 125 Å². The molecule has 1 aliphatic heterocycles. The van der Waals surface area contributed by atoms with Gasteiger partial charge in [-0.2, -0.15) is 15.2 Å². The molecule has 9 heteroatoms.